The predicted molar refractivity (Wildman–Crippen MR) is 53.6 cm³/mol. The zero-order valence-corrected chi connectivity index (χ0v) is 7.92. The summed E-state index contributed by atoms with van der Waals surface area (Å²) in [7, 11) is 1.62. The molecule has 0 heterocycles. The van der Waals surface area contributed by atoms with Gasteiger partial charge in [-0.05, 0) is 30.2 Å². The molecule has 1 rings (SSSR count). The molecule has 1 amide bonds. The van der Waals surface area contributed by atoms with Crippen molar-refractivity contribution < 1.29 is 4.79 Å². The summed E-state index contributed by atoms with van der Waals surface area (Å²) in [6, 6.07) is 5.32. The van der Waals surface area contributed by atoms with Crippen LogP contribution in [0.5, 0.6) is 0 Å². The van der Waals surface area contributed by atoms with Gasteiger partial charge in [-0.2, -0.15) is 0 Å². The first kappa shape index (κ1) is 9.58. The quantitative estimate of drug-likeness (QED) is 0.668. The Balaban J connectivity index is 3.06. The molecule has 3 heteroatoms. The minimum Gasteiger partial charge on any atom is -0.399 e. The molecule has 0 saturated carbocycles. The molecule has 70 valence electrons. The average molecular weight is 178 g/mol. The predicted octanol–water partition coefficient (Wildman–Crippen LogP) is 1.19. The zero-order valence-electron chi connectivity index (χ0n) is 7.92. The van der Waals surface area contributed by atoms with E-state index in [4.69, 9.17) is 5.73 Å². The van der Waals surface area contributed by atoms with E-state index in [-0.39, 0.29) is 5.91 Å². The van der Waals surface area contributed by atoms with Crippen molar-refractivity contribution >= 4 is 11.6 Å². The topological polar surface area (TPSA) is 55.1 Å². The Bertz CT molecular complexity index is 321. The van der Waals surface area contributed by atoms with Gasteiger partial charge in [-0.1, -0.05) is 6.92 Å². The molecule has 0 saturated heterocycles. The number of hydrogen-bond acceptors (Lipinski definition) is 2. The molecule has 3 N–H and O–H groups in total. The molecule has 0 atom stereocenters. The van der Waals surface area contributed by atoms with Crippen LogP contribution in [0.25, 0.3) is 0 Å². The van der Waals surface area contributed by atoms with Crippen LogP contribution in [-0.4, -0.2) is 13.0 Å². The zero-order chi connectivity index (χ0) is 9.84. The van der Waals surface area contributed by atoms with Crippen LogP contribution in [0, 0.1) is 0 Å². The lowest BCUT2D eigenvalue weighted by Gasteiger charge is -2.05. The van der Waals surface area contributed by atoms with E-state index in [1.54, 1.807) is 19.2 Å². The molecule has 13 heavy (non-hydrogen) atoms. The van der Waals surface area contributed by atoms with Crippen LogP contribution in [0.3, 0.4) is 0 Å². The third kappa shape index (κ3) is 1.99. The number of benzene rings is 1. The third-order valence-electron chi connectivity index (χ3n) is 2.01. The lowest BCUT2D eigenvalue weighted by Crippen LogP contribution is -2.18. The average Bonchev–Trinajstić information content (AvgIpc) is 2.17. The van der Waals surface area contributed by atoms with Crippen molar-refractivity contribution in [3.05, 3.63) is 29.3 Å². The molecule has 3 nitrogen and oxygen atoms in total. The van der Waals surface area contributed by atoms with E-state index < -0.39 is 0 Å². The molecule has 0 aliphatic rings. The molecule has 0 aliphatic heterocycles. The highest BCUT2D eigenvalue weighted by atomic mass is 16.1. The van der Waals surface area contributed by atoms with Crippen LogP contribution < -0.4 is 11.1 Å². The summed E-state index contributed by atoms with van der Waals surface area (Å²) in [5.41, 5.74) is 8.13. The number of nitrogens with one attached hydrogen (secondary N) is 1. The van der Waals surface area contributed by atoms with Crippen LogP contribution >= 0.6 is 0 Å². The first-order valence-electron chi connectivity index (χ1n) is 4.29. The molecule has 1 aromatic rings. The number of carbonyl (C=O) groups is 1. The largest absolute Gasteiger partial charge is 0.399 e. The Morgan fingerprint density at radius 2 is 2.23 bits per heavy atom. The van der Waals surface area contributed by atoms with Gasteiger partial charge in [0.2, 0.25) is 0 Å². The maximum absolute atomic E-state index is 11.2. The fourth-order valence-electron chi connectivity index (χ4n) is 1.20. The van der Waals surface area contributed by atoms with Gasteiger partial charge in [0, 0.05) is 18.3 Å². The van der Waals surface area contributed by atoms with Crippen LogP contribution in [-0.2, 0) is 6.42 Å². The number of aryl methyl sites for hydroxylation is 1. The number of nitrogens with two attached hydrogens (primary N) is 1. The number of rotatable bonds is 2. The molecule has 0 fully saturated rings. The van der Waals surface area contributed by atoms with Gasteiger partial charge in [0.1, 0.15) is 0 Å². The standard InChI is InChI=1S/C10H14N2O/c1-3-7-6-8(10(13)12-2)4-5-9(7)11/h4-6H,3,11H2,1-2H3,(H,12,13). The number of nitrogen functional groups attached to an aromatic ring is 1. The van der Waals surface area contributed by atoms with Crippen LogP contribution in [0.4, 0.5) is 5.69 Å². The van der Waals surface area contributed by atoms with Gasteiger partial charge < -0.3 is 11.1 Å². The van der Waals surface area contributed by atoms with E-state index >= 15 is 0 Å². The number of carbonyl (C=O) groups excluding carboxylic acids is 1. The highest BCUT2D eigenvalue weighted by Gasteiger charge is 2.04. The molecule has 0 bridgehead atoms. The van der Waals surface area contributed by atoms with Crippen molar-refractivity contribution in [3.8, 4) is 0 Å². The summed E-state index contributed by atoms with van der Waals surface area (Å²) >= 11 is 0. The van der Waals surface area contributed by atoms with Crippen molar-refractivity contribution in [3.63, 3.8) is 0 Å². The normalized spacial score (nSPS) is 9.69. The van der Waals surface area contributed by atoms with Crippen molar-refractivity contribution in [2.24, 2.45) is 0 Å². The Morgan fingerprint density at radius 1 is 1.54 bits per heavy atom. The van der Waals surface area contributed by atoms with Crippen LogP contribution in [0.2, 0.25) is 0 Å². The van der Waals surface area contributed by atoms with Crippen molar-refractivity contribution in [1.29, 1.82) is 0 Å². The Hall–Kier alpha value is -1.51. The van der Waals surface area contributed by atoms with Gasteiger partial charge in [0.15, 0.2) is 0 Å². The minimum atomic E-state index is -0.0744. The summed E-state index contributed by atoms with van der Waals surface area (Å²) < 4.78 is 0. The van der Waals surface area contributed by atoms with E-state index in [1.165, 1.54) is 0 Å². The smallest absolute Gasteiger partial charge is 0.251 e. The van der Waals surface area contributed by atoms with E-state index in [1.807, 2.05) is 13.0 Å². The van der Waals surface area contributed by atoms with Crippen LogP contribution in [0.1, 0.15) is 22.8 Å². The molecule has 0 unspecified atom stereocenters. The number of amides is 1. The van der Waals surface area contributed by atoms with Crippen molar-refractivity contribution in [2.75, 3.05) is 12.8 Å². The van der Waals surface area contributed by atoms with Gasteiger partial charge in [-0.15, -0.1) is 0 Å². The lowest BCUT2D eigenvalue weighted by molar-refractivity contribution is 0.0963. The second-order valence-corrected chi connectivity index (χ2v) is 2.85. The van der Waals surface area contributed by atoms with Gasteiger partial charge in [-0.3, -0.25) is 4.79 Å². The van der Waals surface area contributed by atoms with E-state index in [9.17, 15) is 4.79 Å². The summed E-state index contributed by atoms with van der Waals surface area (Å²) in [5.74, 6) is -0.0744. The second kappa shape index (κ2) is 3.94. The Morgan fingerprint density at radius 3 is 2.77 bits per heavy atom. The molecule has 0 spiro atoms. The molecular formula is C10H14N2O. The fraction of sp³-hybridized carbons (Fsp3) is 0.300. The lowest BCUT2D eigenvalue weighted by atomic mass is 10.1. The Kier molecular flexibility index (Phi) is 2.90. The molecule has 0 aliphatic carbocycles. The van der Waals surface area contributed by atoms with E-state index in [0.717, 1.165) is 17.7 Å². The van der Waals surface area contributed by atoms with Gasteiger partial charge in [-0.25, -0.2) is 0 Å². The highest BCUT2D eigenvalue weighted by Crippen LogP contribution is 2.14. The number of anilines is 1. The monoisotopic (exact) mass is 178 g/mol. The Labute approximate surface area is 77.9 Å². The first-order chi connectivity index (χ1) is 6.19. The van der Waals surface area contributed by atoms with Crippen molar-refractivity contribution in [2.45, 2.75) is 13.3 Å². The summed E-state index contributed by atoms with van der Waals surface area (Å²) in [6.45, 7) is 2.01. The summed E-state index contributed by atoms with van der Waals surface area (Å²) in [4.78, 5) is 11.2. The van der Waals surface area contributed by atoms with E-state index in [0.29, 0.717) is 5.56 Å². The number of hydrogen-bond donors (Lipinski definition) is 2. The molecule has 0 radical (unpaired) electrons. The third-order valence-corrected chi connectivity index (χ3v) is 2.01. The first-order valence-corrected chi connectivity index (χ1v) is 4.29. The molecule has 0 aromatic heterocycles. The van der Waals surface area contributed by atoms with Gasteiger partial charge >= 0.3 is 0 Å². The SMILES string of the molecule is CCc1cc(C(=O)NC)ccc1N. The fourth-order valence-corrected chi connectivity index (χ4v) is 1.20. The maximum atomic E-state index is 11.2. The van der Waals surface area contributed by atoms with Gasteiger partial charge in [0.05, 0.1) is 0 Å². The highest BCUT2D eigenvalue weighted by molar-refractivity contribution is 5.94. The summed E-state index contributed by atoms with van der Waals surface area (Å²) in [6.07, 6.45) is 0.844. The van der Waals surface area contributed by atoms with Crippen LogP contribution in [0.15, 0.2) is 18.2 Å². The maximum Gasteiger partial charge on any atom is 0.251 e. The van der Waals surface area contributed by atoms with Gasteiger partial charge in [0.25, 0.3) is 5.91 Å². The van der Waals surface area contributed by atoms with E-state index in [2.05, 4.69) is 5.32 Å². The minimum absolute atomic E-state index is 0.0744. The van der Waals surface area contributed by atoms with Crippen molar-refractivity contribution in [1.82, 2.24) is 5.32 Å². The summed E-state index contributed by atoms with van der Waals surface area (Å²) in [5, 5.41) is 2.57. The second-order valence-electron chi connectivity index (χ2n) is 2.85. The molecular weight excluding hydrogens is 164 g/mol. The molecule has 1 aromatic carbocycles.